The summed E-state index contributed by atoms with van der Waals surface area (Å²) in [4.78, 5) is 22.9. The van der Waals surface area contributed by atoms with Crippen LogP contribution in [0.4, 0.5) is 0 Å². The lowest BCUT2D eigenvalue weighted by Gasteiger charge is -2.28. The van der Waals surface area contributed by atoms with Crippen molar-refractivity contribution < 1.29 is 9.21 Å². The zero-order chi connectivity index (χ0) is 16.1. The molecule has 1 aliphatic rings. The van der Waals surface area contributed by atoms with Crippen molar-refractivity contribution in [2.45, 2.75) is 32.9 Å². The second-order valence-corrected chi connectivity index (χ2v) is 6.09. The Morgan fingerprint density at radius 2 is 2.22 bits per heavy atom. The molecule has 1 aliphatic heterocycles. The zero-order valence-electron chi connectivity index (χ0n) is 13.4. The fraction of sp³-hybridized carbons (Fsp3) is 0.471. The first-order valence-electron chi connectivity index (χ1n) is 8.05. The van der Waals surface area contributed by atoms with Crippen LogP contribution in [-0.4, -0.2) is 33.9 Å². The summed E-state index contributed by atoms with van der Waals surface area (Å²) in [7, 11) is 0. The van der Waals surface area contributed by atoms with Gasteiger partial charge < -0.3 is 9.73 Å². The molecule has 6 nitrogen and oxygen atoms in total. The van der Waals surface area contributed by atoms with Crippen molar-refractivity contribution in [3.63, 3.8) is 0 Å². The lowest BCUT2D eigenvalue weighted by molar-refractivity contribution is 0.0945. The van der Waals surface area contributed by atoms with E-state index >= 15 is 0 Å². The average molecular weight is 314 g/mol. The van der Waals surface area contributed by atoms with E-state index in [0.29, 0.717) is 24.7 Å². The smallest absolute Gasteiger partial charge is 0.273 e. The Kier molecular flexibility index (Phi) is 5.02. The van der Waals surface area contributed by atoms with Crippen LogP contribution in [0.25, 0.3) is 0 Å². The number of aromatic nitrogens is 2. The van der Waals surface area contributed by atoms with Crippen molar-refractivity contribution in [2.75, 3.05) is 13.1 Å². The number of nitrogens with one attached hydrogen (secondary N) is 1. The maximum absolute atomic E-state index is 12.1. The van der Waals surface area contributed by atoms with Crippen LogP contribution in [-0.2, 0) is 13.1 Å². The number of amides is 1. The molecule has 1 amide bonds. The fourth-order valence-corrected chi connectivity index (χ4v) is 2.66. The number of nitrogens with zero attached hydrogens (tertiary/aromatic N) is 3. The van der Waals surface area contributed by atoms with Gasteiger partial charge in [0.1, 0.15) is 6.26 Å². The highest BCUT2D eigenvalue weighted by atomic mass is 16.3. The van der Waals surface area contributed by atoms with Gasteiger partial charge in [0.25, 0.3) is 5.91 Å². The van der Waals surface area contributed by atoms with Crippen LogP contribution in [0.5, 0.6) is 0 Å². The van der Waals surface area contributed by atoms with E-state index in [0.717, 1.165) is 24.7 Å². The molecule has 3 rings (SSSR count). The predicted octanol–water partition coefficient (Wildman–Crippen LogP) is 2.23. The molecule has 0 aliphatic carbocycles. The third-order valence-corrected chi connectivity index (χ3v) is 4.18. The summed E-state index contributed by atoms with van der Waals surface area (Å²) in [5.41, 5.74) is 1.13. The highest BCUT2D eigenvalue weighted by molar-refractivity contribution is 5.91. The number of likely N-dealkylation sites (tertiary alicyclic amines) is 1. The summed E-state index contributed by atoms with van der Waals surface area (Å²) in [5.74, 6) is 1.16. The second kappa shape index (κ2) is 7.37. The van der Waals surface area contributed by atoms with Crippen molar-refractivity contribution in [1.29, 1.82) is 0 Å². The quantitative estimate of drug-likeness (QED) is 0.916. The van der Waals surface area contributed by atoms with Crippen LogP contribution in [0.2, 0.25) is 0 Å². The summed E-state index contributed by atoms with van der Waals surface area (Å²) in [6.45, 7) is 5.45. The molecular weight excluding hydrogens is 292 g/mol. The molecule has 6 heteroatoms. The van der Waals surface area contributed by atoms with Crippen LogP contribution in [0, 0.1) is 5.92 Å². The van der Waals surface area contributed by atoms with Crippen molar-refractivity contribution in [1.82, 2.24) is 20.2 Å². The zero-order valence-corrected chi connectivity index (χ0v) is 13.4. The van der Waals surface area contributed by atoms with E-state index < -0.39 is 0 Å². The Balaban J connectivity index is 1.51. The Labute approximate surface area is 135 Å². The molecule has 1 saturated heterocycles. The minimum absolute atomic E-state index is 0.238. The summed E-state index contributed by atoms with van der Waals surface area (Å²) in [6.07, 6.45) is 5.54. The van der Waals surface area contributed by atoms with E-state index in [1.807, 2.05) is 18.2 Å². The molecule has 0 atom stereocenters. The van der Waals surface area contributed by atoms with Gasteiger partial charge >= 0.3 is 0 Å². The number of hydrogen-bond donors (Lipinski definition) is 1. The maximum Gasteiger partial charge on any atom is 0.273 e. The Morgan fingerprint density at radius 1 is 1.39 bits per heavy atom. The topological polar surface area (TPSA) is 71.3 Å². The van der Waals surface area contributed by atoms with Gasteiger partial charge in [0.2, 0.25) is 5.89 Å². The summed E-state index contributed by atoms with van der Waals surface area (Å²) < 4.78 is 5.44. The first kappa shape index (κ1) is 15.7. The molecule has 0 unspecified atom stereocenters. The largest absolute Gasteiger partial charge is 0.447 e. The lowest BCUT2D eigenvalue weighted by Crippen LogP contribution is -2.32. The van der Waals surface area contributed by atoms with Gasteiger partial charge in [-0.25, -0.2) is 4.98 Å². The summed E-state index contributed by atoms with van der Waals surface area (Å²) >= 11 is 0. The minimum atomic E-state index is -0.238. The molecule has 0 saturated carbocycles. The Bertz CT molecular complexity index is 633. The average Bonchev–Trinajstić information content (AvgIpc) is 3.04. The SMILES string of the molecule is CC1CCN(Cc2nc(C(=O)NCc3ccccn3)co2)CC1. The number of carbonyl (C=O) groups is 1. The number of rotatable bonds is 5. The van der Waals surface area contributed by atoms with Crippen molar-refractivity contribution in [3.05, 3.63) is 47.9 Å². The van der Waals surface area contributed by atoms with Gasteiger partial charge in [-0.2, -0.15) is 0 Å². The van der Waals surface area contributed by atoms with Gasteiger partial charge in [-0.1, -0.05) is 13.0 Å². The first-order valence-corrected chi connectivity index (χ1v) is 8.05. The molecule has 122 valence electrons. The third-order valence-electron chi connectivity index (χ3n) is 4.18. The van der Waals surface area contributed by atoms with E-state index in [4.69, 9.17) is 4.42 Å². The number of carbonyl (C=O) groups excluding carboxylic acids is 1. The molecule has 0 radical (unpaired) electrons. The van der Waals surface area contributed by atoms with Crippen molar-refractivity contribution in [2.24, 2.45) is 5.92 Å². The normalized spacial score (nSPS) is 16.4. The molecule has 1 N–H and O–H groups in total. The summed E-state index contributed by atoms with van der Waals surface area (Å²) in [5, 5.41) is 2.80. The Hall–Kier alpha value is -2.21. The van der Waals surface area contributed by atoms with Gasteiger partial charge in [0, 0.05) is 6.20 Å². The van der Waals surface area contributed by atoms with Gasteiger partial charge in [-0.15, -0.1) is 0 Å². The summed E-state index contributed by atoms with van der Waals surface area (Å²) in [6, 6.07) is 5.60. The highest BCUT2D eigenvalue weighted by Gasteiger charge is 2.19. The van der Waals surface area contributed by atoms with Gasteiger partial charge in [0.05, 0.1) is 18.8 Å². The maximum atomic E-state index is 12.1. The van der Waals surface area contributed by atoms with E-state index in [-0.39, 0.29) is 5.91 Å². The molecular formula is C17H22N4O2. The minimum Gasteiger partial charge on any atom is -0.447 e. The molecule has 0 bridgehead atoms. The van der Waals surface area contributed by atoms with Crippen molar-refractivity contribution >= 4 is 5.91 Å². The molecule has 0 spiro atoms. The monoisotopic (exact) mass is 314 g/mol. The highest BCUT2D eigenvalue weighted by Crippen LogP contribution is 2.17. The Morgan fingerprint density at radius 3 is 2.96 bits per heavy atom. The number of oxazole rings is 1. The second-order valence-electron chi connectivity index (χ2n) is 6.09. The number of pyridine rings is 1. The molecule has 2 aromatic heterocycles. The molecule has 23 heavy (non-hydrogen) atoms. The van der Waals surface area contributed by atoms with Crippen LogP contribution in [0.3, 0.4) is 0 Å². The van der Waals surface area contributed by atoms with E-state index in [9.17, 15) is 4.79 Å². The van der Waals surface area contributed by atoms with Crippen LogP contribution in [0.15, 0.2) is 35.1 Å². The van der Waals surface area contributed by atoms with E-state index in [1.165, 1.54) is 19.1 Å². The molecule has 3 heterocycles. The molecule has 0 aromatic carbocycles. The number of piperidine rings is 1. The van der Waals surface area contributed by atoms with Crippen LogP contribution < -0.4 is 5.32 Å². The van der Waals surface area contributed by atoms with E-state index in [1.54, 1.807) is 6.20 Å². The van der Waals surface area contributed by atoms with E-state index in [2.05, 4.69) is 27.1 Å². The third kappa shape index (κ3) is 4.39. The van der Waals surface area contributed by atoms with Crippen LogP contribution in [0.1, 0.15) is 41.8 Å². The van der Waals surface area contributed by atoms with Crippen molar-refractivity contribution in [3.8, 4) is 0 Å². The van der Waals surface area contributed by atoms with Gasteiger partial charge in [-0.3, -0.25) is 14.7 Å². The lowest BCUT2D eigenvalue weighted by atomic mass is 9.99. The standard InChI is InChI=1S/C17H22N4O2/c1-13-5-8-21(9-6-13)11-16-20-15(12-23-16)17(22)19-10-14-4-2-3-7-18-14/h2-4,7,12-13H,5-6,8-11H2,1H3,(H,19,22). The molecule has 1 fully saturated rings. The molecule has 2 aromatic rings. The predicted molar refractivity (Wildman–Crippen MR) is 85.6 cm³/mol. The van der Waals surface area contributed by atoms with Gasteiger partial charge in [-0.05, 0) is 44.0 Å². The first-order chi connectivity index (χ1) is 11.2. The van der Waals surface area contributed by atoms with Gasteiger partial charge in [0.15, 0.2) is 5.69 Å². The van der Waals surface area contributed by atoms with Crippen LogP contribution >= 0.6 is 0 Å². The fourth-order valence-electron chi connectivity index (χ4n) is 2.66. The number of hydrogen-bond acceptors (Lipinski definition) is 5.